The predicted octanol–water partition coefficient (Wildman–Crippen LogP) is 4.67. The van der Waals surface area contributed by atoms with Gasteiger partial charge < -0.3 is 9.72 Å². The van der Waals surface area contributed by atoms with E-state index in [4.69, 9.17) is 4.74 Å². The first-order valence-corrected chi connectivity index (χ1v) is 6.67. The Morgan fingerprint density at radius 3 is 2.20 bits per heavy atom. The standard InChI is InChI=1S/C18H17NO/c1-13-12-17(14-6-4-3-5-7-14)18(19-13)15-8-10-16(20-2)11-9-15/h3-12,19H,1-2H3. The van der Waals surface area contributed by atoms with E-state index in [-0.39, 0.29) is 0 Å². The molecule has 2 aromatic carbocycles. The fraction of sp³-hybridized carbons (Fsp3) is 0.111. The van der Waals surface area contributed by atoms with E-state index in [9.17, 15) is 0 Å². The number of H-pyrrole nitrogens is 1. The second kappa shape index (κ2) is 5.25. The van der Waals surface area contributed by atoms with Crippen LogP contribution in [-0.4, -0.2) is 12.1 Å². The molecule has 3 rings (SSSR count). The highest BCUT2D eigenvalue weighted by atomic mass is 16.5. The summed E-state index contributed by atoms with van der Waals surface area (Å²) in [6, 6.07) is 20.8. The summed E-state index contributed by atoms with van der Waals surface area (Å²) in [6.07, 6.45) is 0. The molecule has 1 N–H and O–H groups in total. The van der Waals surface area contributed by atoms with Gasteiger partial charge in [0.25, 0.3) is 0 Å². The normalized spacial score (nSPS) is 10.5. The molecule has 0 saturated carbocycles. The molecule has 3 aromatic rings. The number of hydrogen-bond acceptors (Lipinski definition) is 1. The molecule has 0 fully saturated rings. The fourth-order valence-electron chi connectivity index (χ4n) is 2.42. The van der Waals surface area contributed by atoms with Crippen molar-refractivity contribution in [2.75, 3.05) is 7.11 Å². The van der Waals surface area contributed by atoms with Crippen LogP contribution in [0.2, 0.25) is 0 Å². The number of benzene rings is 2. The number of rotatable bonds is 3. The molecule has 0 aliphatic carbocycles. The van der Waals surface area contributed by atoms with E-state index in [2.05, 4.69) is 54.4 Å². The van der Waals surface area contributed by atoms with E-state index < -0.39 is 0 Å². The van der Waals surface area contributed by atoms with Crippen molar-refractivity contribution in [3.05, 3.63) is 66.4 Å². The molecule has 0 amide bonds. The maximum Gasteiger partial charge on any atom is 0.118 e. The molecule has 100 valence electrons. The lowest BCUT2D eigenvalue weighted by Crippen LogP contribution is -1.85. The SMILES string of the molecule is COc1ccc(-c2[nH]c(C)cc2-c2ccccc2)cc1. The second-order valence-electron chi connectivity index (χ2n) is 4.84. The molecule has 0 spiro atoms. The van der Waals surface area contributed by atoms with E-state index in [1.165, 1.54) is 11.1 Å². The van der Waals surface area contributed by atoms with Crippen molar-refractivity contribution < 1.29 is 4.74 Å². The van der Waals surface area contributed by atoms with Crippen LogP contribution >= 0.6 is 0 Å². The molecule has 0 bridgehead atoms. The summed E-state index contributed by atoms with van der Waals surface area (Å²) in [5.74, 6) is 0.873. The van der Waals surface area contributed by atoms with E-state index in [1.807, 2.05) is 18.2 Å². The van der Waals surface area contributed by atoms with Crippen LogP contribution in [0, 0.1) is 6.92 Å². The largest absolute Gasteiger partial charge is 0.497 e. The van der Waals surface area contributed by atoms with Gasteiger partial charge in [-0.1, -0.05) is 30.3 Å². The Bertz CT molecular complexity index is 696. The van der Waals surface area contributed by atoms with Gasteiger partial charge in [-0.3, -0.25) is 0 Å². The minimum Gasteiger partial charge on any atom is -0.497 e. The van der Waals surface area contributed by atoms with E-state index in [0.717, 1.165) is 22.7 Å². The number of ether oxygens (including phenoxy) is 1. The van der Waals surface area contributed by atoms with Crippen LogP contribution in [0.15, 0.2) is 60.7 Å². The van der Waals surface area contributed by atoms with Crippen LogP contribution in [0.5, 0.6) is 5.75 Å². The fourth-order valence-corrected chi connectivity index (χ4v) is 2.42. The van der Waals surface area contributed by atoms with E-state index in [0.29, 0.717) is 0 Å². The van der Waals surface area contributed by atoms with Gasteiger partial charge >= 0.3 is 0 Å². The molecule has 20 heavy (non-hydrogen) atoms. The van der Waals surface area contributed by atoms with Gasteiger partial charge in [0, 0.05) is 11.3 Å². The molecular formula is C18H17NO. The molecule has 0 saturated heterocycles. The number of nitrogens with one attached hydrogen (secondary N) is 1. The average Bonchev–Trinajstić information content (AvgIpc) is 2.90. The van der Waals surface area contributed by atoms with Crippen molar-refractivity contribution in [2.45, 2.75) is 6.92 Å². The number of hydrogen-bond donors (Lipinski definition) is 1. The van der Waals surface area contributed by atoms with Crippen molar-refractivity contribution in [3.8, 4) is 28.1 Å². The Balaban J connectivity index is 2.09. The Morgan fingerprint density at radius 2 is 1.55 bits per heavy atom. The predicted molar refractivity (Wildman–Crippen MR) is 83.0 cm³/mol. The monoisotopic (exact) mass is 263 g/mol. The zero-order valence-electron chi connectivity index (χ0n) is 11.7. The summed E-state index contributed by atoms with van der Waals surface area (Å²) < 4.78 is 5.21. The first-order chi connectivity index (χ1) is 9.78. The first-order valence-electron chi connectivity index (χ1n) is 6.67. The van der Waals surface area contributed by atoms with Gasteiger partial charge in [0.05, 0.1) is 12.8 Å². The lowest BCUT2D eigenvalue weighted by atomic mass is 10.0. The highest BCUT2D eigenvalue weighted by Crippen LogP contribution is 2.33. The minimum atomic E-state index is 0.873. The van der Waals surface area contributed by atoms with Gasteiger partial charge in [-0.2, -0.15) is 0 Å². The van der Waals surface area contributed by atoms with Crippen molar-refractivity contribution in [2.24, 2.45) is 0 Å². The van der Waals surface area contributed by atoms with E-state index in [1.54, 1.807) is 7.11 Å². The Labute approximate surface area is 119 Å². The topological polar surface area (TPSA) is 25.0 Å². The van der Waals surface area contributed by atoms with Gasteiger partial charge in [-0.15, -0.1) is 0 Å². The zero-order valence-corrected chi connectivity index (χ0v) is 11.7. The van der Waals surface area contributed by atoms with Gasteiger partial charge in [0.2, 0.25) is 0 Å². The van der Waals surface area contributed by atoms with Crippen molar-refractivity contribution in [3.63, 3.8) is 0 Å². The highest BCUT2D eigenvalue weighted by molar-refractivity contribution is 5.82. The van der Waals surface area contributed by atoms with Crippen LogP contribution in [-0.2, 0) is 0 Å². The number of aryl methyl sites for hydroxylation is 1. The maximum absolute atomic E-state index is 5.21. The maximum atomic E-state index is 5.21. The van der Waals surface area contributed by atoms with Crippen molar-refractivity contribution >= 4 is 0 Å². The summed E-state index contributed by atoms with van der Waals surface area (Å²) >= 11 is 0. The van der Waals surface area contributed by atoms with Crippen LogP contribution in [0.4, 0.5) is 0 Å². The molecule has 0 aliphatic rings. The van der Waals surface area contributed by atoms with Crippen LogP contribution in [0.3, 0.4) is 0 Å². The molecule has 0 radical (unpaired) electrons. The third-order valence-electron chi connectivity index (χ3n) is 3.42. The molecule has 2 nitrogen and oxygen atoms in total. The Kier molecular flexibility index (Phi) is 3.30. The highest BCUT2D eigenvalue weighted by Gasteiger charge is 2.10. The average molecular weight is 263 g/mol. The summed E-state index contributed by atoms with van der Waals surface area (Å²) in [4.78, 5) is 3.46. The summed E-state index contributed by atoms with van der Waals surface area (Å²) in [7, 11) is 1.68. The Hall–Kier alpha value is -2.48. The van der Waals surface area contributed by atoms with Crippen molar-refractivity contribution in [1.82, 2.24) is 4.98 Å². The molecule has 0 atom stereocenters. The molecule has 0 aliphatic heterocycles. The Morgan fingerprint density at radius 1 is 0.850 bits per heavy atom. The lowest BCUT2D eigenvalue weighted by molar-refractivity contribution is 0.415. The van der Waals surface area contributed by atoms with Crippen LogP contribution in [0.25, 0.3) is 22.4 Å². The third-order valence-corrected chi connectivity index (χ3v) is 3.42. The molecule has 0 unspecified atom stereocenters. The first kappa shape index (κ1) is 12.5. The number of aromatic nitrogens is 1. The summed E-state index contributed by atoms with van der Waals surface area (Å²) in [6.45, 7) is 2.08. The number of aromatic amines is 1. The van der Waals surface area contributed by atoms with Crippen LogP contribution in [0.1, 0.15) is 5.69 Å². The zero-order chi connectivity index (χ0) is 13.9. The van der Waals surface area contributed by atoms with Gasteiger partial charge in [-0.05, 0) is 48.4 Å². The lowest BCUT2D eigenvalue weighted by Gasteiger charge is -2.06. The molecule has 1 heterocycles. The molecule has 2 heteroatoms. The third kappa shape index (κ3) is 2.32. The van der Waals surface area contributed by atoms with Gasteiger partial charge in [0.1, 0.15) is 5.75 Å². The quantitative estimate of drug-likeness (QED) is 0.730. The van der Waals surface area contributed by atoms with Gasteiger partial charge in [0.15, 0.2) is 0 Å². The molecular weight excluding hydrogens is 246 g/mol. The van der Waals surface area contributed by atoms with Gasteiger partial charge in [-0.25, -0.2) is 0 Å². The number of methoxy groups -OCH3 is 1. The summed E-state index contributed by atoms with van der Waals surface area (Å²) in [5, 5.41) is 0. The minimum absolute atomic E-state index is 0.873. The van der Waals surface area contributed by atoms with Crippen LogP contribution < -0.4 is 4.74 Å². The van der Waals surface area contributed by atoms with Crippen molar-refractivity contribution in [1.29, 1.82) is 0 Å². The molecule has 1 aromatic heterocycles. The van der Waals surface area contributed by atoms with E-state index >= 15 is 0 Å². The smallest absolute Gasteiger partial charge is 0.118 e. The second-order valence-corrected chi connectivity index (χ2v) is 4.84. The summed E-state index contributed by atoms with van der Waals surface area (Å²) in [5.41, 5.74) is 5.93.